The van der Waals surface area contributed by atoms with Gasteiger partial charge in [0.05, 0.1) is 42.3 Å². The first-order valence-electron chi connectivity index (χ1n) is 11.5. The average molecular weight is 521 g/mol. The Labute approximate surface area is 209 Å². The number of hydrogen-bond acceptors (Lipinski definition) is 7. The lowest BCUT2D eigenvalue weighted by Gasteiger charge is -2.27. The summed E-state index contributed by atoms with van der Waals surface area (Å²) < 4.78 is 50.6. The number of imide groups is 1. The molecule has 0 unspecified atom stereocenters. The van der Waals surface area contributed by atoms with E-state index in [2.05, 4.69) is 5.32 Å². The highest BCUT2D eigenvalue weighted by molar-refractivity contribution is 7.90. The minimum atomic E-state index is -3.70. The van der Waals surface area contributed by atoms with Crippen molar-refractivity contribution >= 4 is 33.2 Å². The molecule has 0 aliphatic carbocycles. The van der Waals surface area contributed by atoms with Crippen molar-refractivity contribution in [2.75, 3.05) is 31.0 Å². The fourth-order valence-corrected chi connectivity index (χ4v) is 5.11. The van der Waals surface area contributed by atoms with Crippen LogP contribution in [0.5, 0.6) is 11.5 Å². The summed E-state index contributed by atoms with van der Waals surface area (Å²) in [5, 5.41) is 2.56. The number of nitrogens with one attached hydrogen (secondary N) is 1. The first-order chi connectivity index (χ1) is 17.0. The van der Waals surface area contributed by atoms with Gasteiger partial charge in [-0.2, -0.15) is 0 Å². The second-order valence-electron chi connectivity index (χ2n) is 8.32. The van der Waals surface area contributed by atoms with E-state index in [1.54, 1.807) is 32.9 Å². The Morgan fingerprint density at radius 2 is 1.81 bits per heavy atom. The molecule has 1 heterocycles. The van der Waals surface area contributed by atoms with Crippen molar-refractivity contribution in [1.29, 1.82) is 0 Å². The number of hydrogen-bond donors (Lipinski definition) is 1. The second kappa shape index (κ2) is 10.7. The molecule has 0 aromatic heterocycles. The zero-order valence-corrected chi connectivity index (χ0v) is 21.6. The number of sulfone groups is 1. The Hall–Kier alpha value is -3.47. The molecule has 2 aromatic carbocycles. The predicted octanol–water partition coefficient (Wildman–Crippen LogP) is 3.53. The van der Waals surface area contributed by atoms with E-state index in [4.69, 9.17) is 9.47 Å². The first-order valence-corrected chi connectivity index (χ1v) is 13.5. The number of amides is 3. The fraction of sp³-hybridized carbons (Fsp3) is 0.400. The first kappa shape index (κ1) is 27.1. The Kier molecular flexibility index (Phi) is 8.02. The quantitative estimate of drug-likeness (QED) is 0.476. The van der Waals surface area contributed by atoms with Crippen molar-refractivity contribution in [2.45, 2.75) is 39.7 Å². The molecule has 0 radical (unpaired) electrons. The number of anilines is 1. The monoisotopic (exact) mass is 520 g/mol. The molecule has 1 atom stereocenters. The molecule has 1 aliphatic heterocycles. The van der Waals surface area contributed by atoms with Gasteiger partial charge in [0, 0.05) is 18.2 Å². The van der Waals surface area contributed by atoms with Gasteiger partial charge in [0.1, 0.15) is 15.7 Å². The predicted molar refractivity (Wildman–Crippen MR) is 132 cm³/mol. The SMILES string of the molecule is CCOc1cc([C@@H](CS(C)(=O)=O)N2C(=O)c3cc(F)c(CC)c(NC(=O)CC)c3C2=O)ccc1OC. The minimum Gasteiger partial charge on any atom is -0.493 e. The van der Waals surface area contributed by atoms with E-state index in [1.165, 1.54) is 13.2 Å². The van der Waals surface area contributed by atoms with E-state index in [1.807, 2.05) is 0 Å². The van der Waals surface area contributed by atoms with E-state index in [0.29, 0.717) is 23.7 Å². The Bertz CT molecular complexity index is 1320. The number of fused-ring (bicyclic) bond motifs is 1. The van der Waals surface area contributed by atoms with E-state index >= 15 is 0 Å². The molecule has 0 bridgehead atoms. The van der Waals surface area contributed by atoms with Crippen LogP contribution in [0.2, 0.25) is 0 Å². The third kappa shape index (κ3) is 5.20. The molecule has 2 aromatic rings. The van der Waals surface area contributed by atoms with E-state index in [9.17, 15) is 27.2 Å². The Morgan fingerprint density at radius 1 is 1.11 bits per heavy atom. The summed E-state index contributed by atoms with van der Waals surface area (Å²) in [6.45, 7) is 5.31. The summed E-state index contributed by atoms with van der Waals surface area (Å²) in [4.78, 5) is 40.2. The van der Waals surface area contributed by atoms with Gasteiger partial charge < -0.3 is 14.8 Å². The van der Waals surface area contributed by atoms with Crippen LogP contribution >= 0.6 is 0 Å². The largest absolute Gasteiger partial charge is 0.493 e. The molecule has 194 valence electrons. The van der Waals surface area contributed by atoms with Crippen LogP contribution in [0.1, 0.15) is 65.1 Å². The zero-order valence-electron chi connectivity index (χ0n) is 20.8. The van der Waals surface area contributed by atoms with Gasteiger partial charge in [-0.15, -0.1) is 0 Å². The minimum absolute atomic E-state index is 0.0666. The molecule has 9 nitrogen and oxygen atoms in total. The third-order valence-corrected chi connectivity index (χ3v) is 6.77. The average Bonchev–Trinajstić information content (AvgIpc) is 3.06. The Morgan fingerprint density at radius 3 is 2.36 bits per heavy atom. The second-order valence-corrected chi connectivity index (χ2v) is 10.5. The number of halogens is 1. The van der Waals surface area contributed by atoms with Crippen LogP contribution in [-0.2, 0) is 21.1 Å². The number of methoxy groups -OCH3 is 1. The van der Waals surface area contributed by atoms with Crippen LogP contribution in [-0.4, -0.2) is 56.8 Å². The van der Waals surface area contributed by atoms with E-state index < -0.39 is 45.2 Å². The van der Waals surface area contributed by atoms with Crippen molar-refractivity contribution in [3.8, 4) is 11.5 Å². The van der Waals surface area contributed by atoms with Crippen LogP contribution in [0, 0.1) is 5.82 Å². The number of nitrogens with zero attached hydrogens (tertiary/aromatic N) is 1. The maximum absolute atomic E-state index is 14.9. The molecule has 0 saturated heterocycles. The van der Waals surface area contributed by atoms with Crippen molar-refractivity contribution in [2.24, 2.45) is 0 Å². The van der Waals surface area contributed by atoms with Crippen LogP contribution in [0.4, 0.5) is 10.1 Å². The fourth-order valence-electron chi connectivity index (χ4n) is 4.19. The highest BCUT2D eigenvalue weighted by Gasteiger charge is 2.44. The molecule has 0 fully saturated rings. The van der Waals surface area contributed by atoms with Crippen molar-refractivity contribution in [1.82, 2.24) is 4.90 Å². The summed E-state index contributed by atoms with van der Waals surface area (Å²) in [6.07, 6.45) is 1.22. The van der Waals surface area contributed by atoms with Crippen LogP contribution in [0.3, 0.4) is 0 Å². The molecular formula is C25H29FN2O7S. The highest BCUT2D eigenvalue weighted by atomic mass is 32.2. The topological polar surface area (TPSA) is 119 Å². The third-order valence-electron chi connectivity index (χ3n) is 5.85. The van der Waals surface area contributed by atoms with Gasteiger partial charge >= 0.3 is 0 Å². The van der Waals surface area contributed by atoms with Gasteiger partial charge in [-0.05, 0) is 37.1 Å². The van der Waals surface area contributed by atoms with Crippen LogP contribution in [0.15, 0.2) is 24.3 Å². The van der Waals surface area contributed by atoms with Crippen molar-refractivity contribution in [3.05, 3.63) is 52.3 Å². The van der Waals surface area contributed by atoms with Crippen molar-refractivity contribution in [3.63, 3.8) is 0 Å². The van der Waals surface area contributed by atoms with Gasteiger partial charge in [-0.25, -0.2) is 12.8 Å². The molecule has 0 saturated carbocycles. The summed E-state index contributed by atoms with van der Waals surface area (Å²) >= 11 is 0. The molecule has 0 spiro atoms. The van der Waals surface area contributed by atoms with Crippen LogP contribution < -0.4 is 14.8 Å². The Balaban J connectivity index is 2.21. The molecule has 11 heteroatoms. The lowest BCUT2D eigenvalue weighted by Crippen LogP contribution is -2.37. The number of ether oxygens (including phenoxy) is 2. The molecule has 1 aliphatic rings. The lowest BCUT2D eigenvalue weighted by atomic mass is 9.99. The maximum atomic E-state index is 14.9. The number of rotatable bonds is 10. The maximum Gasteiger partial charge on any atom is 0.264 e. The number of carbonyl (C=O) groups excluding carboxylic acids is 3. The molecule has 3 rings (SSSR count). The molecule has 3 amide bonds. The molecule has 36 heavy (non-hydrogen) atoms. The summed E-state index contributed by atoms with van der Waals surface area (Å²) in [5.41, 5.74) is -0.0610. The van der Waals surface area contributed by atoms with Gasteiger partial charge in [-0.3, -0.25) is 19.3 Å². The summed E-state index contributed by atoms with van der Waals surface area (Å²) in [5.74, 6) is -2.75. The summed E-state index contributed by atoms with van der Waals surface area (Å²) in [7, 11) is -2.25. The van der Waals surface area contributed by atoms with Gasteiger partial charge in [-0.1, -0.05) is 19.9 Å². The van der Waals surface area contributed by atoms with Gasteiger partial charge in [0.25, 0.3) is 11.8 Å². The number of benzene rings is 2. The van der Waals surface area contributed by atoms with Gasteiger partial charge in [0.15, 0.2) is 11.5 Å². The van der Waals surface area contributed by atoms with Crippen molar-refractivity contribution < 1.29 is 36.7 Å². The molecule has 1 N–H and O–H groups in total. The molecular weight excluding hydrogens is 491 g/mol. The summed E-state index contributed by atoms with van der Waals surface area (Å²) in [6, 6.07) is 4.33. The van der Waals surface area contributed by atoms with E-state index in [-0.39, 0.29) is 35.2 Å². The lowest BCUT2D eigenvalue weighted by molar-refractivity contribution is -0.115. The number of carbonyl (C=O) groups is 3. The normalized spacial score (nSPS) is 14.0. The highest BCUT2D eigenvalue weighted by Crippen LogP contribution is 2.40. The smallest absolute Gasteiger partial charge is 0.264 e. The zero-order chi connectivity index (χ0) is 26.8. The van der Waals surface area contributed by atoms with Crippen LogP contribution in [0.25, 0.3) is 0 Å². The van der Waals surface area contributed by atoms with E-state index in [0.717, 1.165) is 17.2 Å². The standard InChI is InChI=1S/C25H29FN2O7S/c1-6-15-17(26)12-16-22(23(15)27-21(29)7-2)25(31)28(24(16)30)18(13-36(5,32)33)14-9-10-19(34-4)20(11-14)35-8-3/h9-12,18H,6-8,13H2,1-5H3,(H,27,29)/t18-/m1/s1. The van der Waals surface area contributed by atoms with Gasteiger partial charge in [0.2, 0.25) is 5.91 Å².